The molecule has 5 nitrogen and oxygen atoms in total. The lowest BCUT2D eigenvalue weighted by atomic mass is 10.1. The van der Waals surface area contributed by atoms with Crippen molar-refractivity contribution in [3.63, 3.8) is 0 Å². The van der Waals surface area contributed by atoms with Gasteiger partial charge in [0.1, 0.15) is 11.6 Å². The van der Waals surface area contributed by atoms with Gasteiger partial charge in [-0.05, 0) is 43.5 Å². The molecular weight excluding hydrogens is 357 g/mol. The summed E-state index contributed by atoms with van der Waals surface area (Å²) in [6.07, 6.45) is 0.605. The van der Waals surface area contributed by atoms with Gasteiger partial charge < -0.3 is 19.7 Å². The lowest BCUT2D eigenvalue weighted by molar-refractivity contribution is -0.0172. The monoisotopic (exact) mass is 385 g/mol. The van der Waals surface area contributed by atoms with E-state index in [-0.39, 0.29) is 12.6 Å². The number of rotatable bonds is 6. The Balaban J connectivity index is 1.67. The molecule has 1 heterocycles. The molecule has 2 aromatic rings. The smallest absolute Gasteiger partial charge is 0.193 e. The van der Waals surface area contributed by atoms with Crippen LogP contribution in [0.25, 0.3) is 0 Å². The zero-order valence-electron chi connectivity index (χ0n) is 16.8. The molecule has 0 radical (unpaired) electrons. The largest absolute Gasteiger partial charge is 0.467 e. The predicted octanol–water partition coefficient (Wildman–Crippen LogP) is 3.64. The molecule has 2 aromatic carbocycles. The summed E-state index contributed by atoms with van der Waals surface area (Å²) in [7, 11) is 2.02. The third-order valence-corrected chi connectivity index (χ3v) is 4.63. The van der Waals surface area contributed by atoms with Gasteiger partial charge in [-0.2, -0.15) is 0 Å². The van der Waals surface area contributed by atoms with E-state index in [9.17, 15) is 4.39 Å². The number of hydrogen-bond donors (Lipinski definition) is 1. The Bertz CT molecular complexity index is 821. The molecule has 0 amide bonds. The highest BCUT2D eigenvalue weighted by Gasteiger charge is 2.17. The molecular formula is C22H28FN3O2. The van der Waals surface area contributed by atoms with Crippen LogP contribution in [-0.4, -0.2) is 37.8 Å². The van der Waals surface area contributed by atoms with E-state index in [1.807, 2.05) is 14.0 Å². The maximum absolute atomic E-state index is 13.9. The van der Waals surface area contributed by atoms with Crippen molar-refractivity contribution >= 4 is 5.96 Å². The summed E-state index contributed by atoms with van der Waals surface area (Å²) in [6, 6.07) is 11.5. The lowest BCUT2D eigenvalue weighted by Crippen LogP contribution is -2.38. The standard InChI is InChI=1S/C22H28FN3O2/c1-4-24-22(26(3)13-17-7-5-16(2)6-8-17)25-10-9-18-11-20(23)12-19-14-27-15-28-21(18)19/h5-8,11-12H,4,9-10,13-15H2,1-3H3,(H,24,25). The Morgan fingerprint density at radius 2 is 2.04 bits per heavy atom. The lowest BCUT2D eigenvalue weighted by Gasteiger charge is -2.23. The summed E-state index contributed by atoms with van der Waals surface area (Å²) in [5, 5.41) is 3.32. The zero-order valence-corrected chi connectivity index (χ0v) is 16.8. The van der Waals surface area contributed by atoms with Crippen LogP contribution in [-0.2, 0) is 24.3 Å². The zero-order chi connectivity index (χ0) is 19.9. The van der Waals surface area contributed by atoms with Crippen molar-refractivity contribution in [3.05, 3.63) is 64.5 Å². The Kier molecular flexibility index (Phi) is 6.87. The van der Waals surface area contributed by atoms with Crippen molar-refractivity contribution in [2.75, 3.05) is 26.9 Å². The molecule has 0 saturated heterocycles. The van der Waals surface area contributed by atoms with Crippen molar-refractivity contribution in [2.45, 2.75) is 33.4 Å². The third kappa shape index (κ3) is 5.23. The molecule has 1 aliphatic rings. The van der Waals surface area contributed by atoms with E-state index in [4.69, 9.17) is 14.5 Å². The van der Waals surface area contributed by atoms with E-state index in [0.717, 1.165) is 35.9 Å². The van der Waals surface area contributed by atoms with Crippen LogP contribution >= 0.6 is 0 Å². The van der Waals surface area contributed by atoms with Crippen LogP contribution in [0.4, 0.5) is 4.39 Å². The second-order valence-electron chi connectivity index (χ2n) is 6.99. The van der Waals surface area contributed by atoms with Gasteiger partial charge >= 0.3 is 0 Å². The normalized spacial score (nSPS) is 13.6. The second kappa shape index (κ2) is 9.55. The molecule has 6 heteroatoms. The van der Waals surface area contributed by atoms with Gasteiger partial charge in [-0.3, -0.25) is 4.99 Å². The number of nitrogens with zero attached hydrogens (tertiary/aromatic N) is 2. The molecule has 1 N–H and O–H groups in total. The number of benzene rings is 2. The summed E-state index contributed by atoms with van der Waals surface area (Å²) in [5.41, 5.74) is 4.07. The number of halogens is 1. The number of fused-ring (bicyclic) bond motifs is 1. The first-order valence-electron chi connectivity index (χ1n) is 9.63. The maximum atomic E-state index is 13.9. The average Bonchev–Trinajstić information content (AvgIpc) is 2.68. The van der Waals surface area contributed by atoms with Crippen LogP contribution in [0.2, 0.25) is 0 Å². The molecule has 28 heavy (non-hydrogen) atoms. The van der Waals surface area contributed by atoms with Gasteiger partial charge in [0.2, 0.25) is 0 Å². The van der Waals surface area contributed by atoms with Crippen molar-refractivity contribution in [1.82, 2.24) is 10.2 Å². The van der Waals surface area contributed by atoms with Crippen molar-refractivity contribution < 1.29 is 13.9 Å². The molecule has 150 valence electrons. The molecule has 0 bridgehead atoms. The van der Waals surface area contributed by atoms with Gasteiger partial charge in [0.05, 0.1) is 6.61 Å². The molecule has 1 aliphatic heterocycles. The fourth-order valence-corrected chi connectivity index (χ4v) is 3.24. The Morgan fingerprint density at radius 1 is 1.25 bits per heavy atom. The average molecular weight is 385 g/mol. The molecule has 0 atom stereocenters. The van der Waals surface area contributed by atoms with Gasteiger partial charge in [0, 0.05) is 32.2 Å². The van der Waals surface area contributed by atoms with Gasteiger partial charge in [0.15, 0.2) is 12.8 Å². The summed E-state index contributed by atoms with van der Waals surface area (Å²) < 4.78 is 24.7. The highest BCUT2D eigenvalue weighted by molar-refractivity contribution is 5.79. The molecule has 0 aliphatic carbocycles. The van der Waals surface area contributed by atoms with E-state index >= 15 is 0 Å². The van der Waals surface area contributed by atoms with Crippen molar-refractivity contribution in [3.8, 4) is 5.75 Å². The number of hydrogen-bond acceptors (Lipinski definition) is 3. The first kappa shape index (κ1) is 20.1. The van der Waals surface area contributed by atoms with Crippen LogP contribution in [0.3, 0.4) is 0 Å². The maximum Gasteiger partial charge on any atom is 0.193 e. The highest BCUT2D eigenvalue weighted by Crippen LogP contribution is 2.29. The molecule has 3 rings (SSSR count). The van der Waals surface area contributed by atoms with Crippen molar-refractivity contribution in [2.24, 2.45) is 4.99 Å². The second-order valence-corrected chi connectivity index (χ2v) is 6.99. The molecule has 0 fully saturated rings. The number of ether oxygens (including phenoxy) is 2. The fourth-order valence-electron chi connectivity index (χ4n) is 3.24. The number of aliphatic imine (C=N–C) groups is 1. The predicted molar refractivity (Wildman–Crippen MR) is 109 cm³/mol. The summed E-state index contributed by atoms with van der Waals surface area (Å²) in [6.45, 7) is 6.81. The Labute approximate surface area is 166 Å². The van der Waals surface area contributed by atoms with Crippen LogP contribution < -0.4 is 10.1 Å². The minimum Gasteiger partial charge on any atom is -0.467 e. The van der Waals surface area contributed by atoms with Crippen LogP contribution in [0.1, 0.15) is 29.2 Å². The topological polar surface area (TPSA) is 46.1 Å². The summed E-state index contributed by atoms with van der Waals surface area (Å²) in [4.78, 5) is 6.82. The summed E-state index contributed by atoms with van der Waals surface area (Å²) in [5.74, 6) is 1.30. The SMILES string of the molecule is CCNC(=NCCc1cc(F)cc2c1OCOC2)N(C)Cc1ccc(C)cc1. The number of aryl methyl sites for hydroxylation is 1. The van der Waals surface area contributed by atoms with Crippen molar-refractivity contribution in [1.29, 1.82) is 0 Å². The van der Waals surface area contributed by atoms with Crippen LogP contribution in [0.5, 0.6) is 5.75 Å². The summed E-state index contributed by atoms with van der Waals surface area (Å²) >= 11 is 0. The number of guanidine groups is 1. The minimum atomic E-state index is -0.268. The first-order valence-corrected chi connectivity index (χ1v) is 9.63. The van der Waals surface area contributed by atoms with E-state index in [2.05, 4.69) is 41.4 Å². The van der Waals surface area contributed by atoms with E-state index in [0.29, 0.717) is 19.6 Å². The highest BCUT2D eigenvalue weighted by atomic mass is 19.1. The Morgan fingerprint density at radius 3 is 2.79 bits per heavy atom. The van der Waals surface area contributed by atoms with Gasteiger partial charge in [-0.15, -0.1) is 0 Å². The van der Waals surface area contributed by atoms with Crippen LogP contribution in [0.15, 0.2) is 41.4 Å². The molecule has 0 saturated carbocycles. The first-order chi connectivity index (χ1) is 13.6. The number of nitrogens with one attached hydrogen (secondary N) is 1. The van der Waals surface area contributed by atoms with Crippen LogP contribution in [0, 0.1) is 12.7 Å². The van der Waals surface area contributed by atoms with E-state index in [1.54, 1.807) is 0 Å². The quantitative estimate of drug-likeness (QED) is 0.609. The van der Waals surface area contributed by atoms with Gasteiger partial charge in [-0.25, -0.2) is 4.39 Å². The van der Waals surface area contributed by atoms with E-state index in [1.165, 1.54) is 23.3 Å². The van der Waals surface area contributed by atoms with Gasteiger partial charge in [0.25, 0.3) is 0 Å². The fraction of sp³-hybridized carbons (Fsp3) is 0.409. The minimum absolute atomic E-state index is 0.205. The Hall–Kier alpha value is -2.60. The molecule has 0 unspecified atom stereocenters. The molecule has 0 aromatic heterocycles. The van der Waals surface area contributed by atoms with Gasteiger partial charge in [-0.1, -0.05) is 29.8 Å². The molecule has 0 spiro atoms. The third-order valence-electron chi connectivity index (χ3n) is 4.63. The van der Waals surface area contributed by atoms with E-state index < -0.39 is 0 Å².